The fourth-order valence-corrected chi connectivity index (χ4v) is 3.15. The Balaban J connectivity index is 1.72. The summed E-state index contributed by atoms with van der Waals surface area (Å²) in [7, 11) is 0. The summed E-state index contributed by atoms with van der Waals surface area (Å²) in [6, 6.07) is 0.877. The Morgan fingerprint density at radius 3 is 2.33 bits per heavy atom. The predicted molar refractivity (Wildman–Crippen MR) is 63.0 cm³/mol. The molecule has 0 unspecified atom stereocenters. The first-order valence-electron chi connectivity index (χ1n) is 6.72. The van der Waals surface area contributed by atoms with Gasteiger partial charge in [0.2, 0.25) is 0 Å². The van der Waals surface area contributed by atoms with Crippen LogP contribution in [0.5, 0.6) is 0 Å². The molecule has 0 aromatic carbocycles. The highest BCUT2D eigenvalue weighted by Gasteiger charge is 2.26. The molecule has 2 heteroatoms. The number of hydrogen-bond acceptors (Lipinski definition) is 2. The fraction of sp³-hybridized carbons (Fsp3) is 1.00. The maximum Gasteiger partial charge on any atom is 0.0594 e. The molecule has 1 aliphatic carbocycles. The zero-order valence-corrected chi connectivity index (χ0v) is 10.1. The summed E-state index contributed by atoms with van der Waals surface area (Å²) in [5.74, 6) is 1.03. The molecule has 2 aliphatic rings. The van der Waals surface area contributed by atoms with Crippen molar-refractivity contribution >= 4 is 0 Å². The van der Waals surface area contributed by atoms with Crippen LogP contribution in [-0.4, -0.2) is 37.2 Å². The highest BCUT2D eigenvalue weighted by molar-refractivity contribution is 4.80. The quantitative estimate of drug-likeness (QED) is 0.711. The van der Waals surface area contributed by atoms with Gasteiger partial charge in [-0.3, -0.25) is 4.90 Å². The molecule has 0 spiro atoms. The second-order valence-corrected chi connectivity index (χ2v) is 5.11. The highest BCUT2D eigenvalue weighted by Crippen LogP contribution is 2.30. The average Bonchev–Trinajstić information content (AvgIpc) is 2.32. The smallest absolute Gasteiger partial charge is 0.0594 e. The van der Waals surface area contributed by atoms with Crippen LogP contribution in [0.1, 0.15) is 45.4 Å². The van der Waals surface area contributed by atoms with E-state index in [4.69, 9.17) is 4.74 Å². The van der Waals surface area contributed by atoms with Gasteiger partial charge >= 0.3 is 0 Å². The molecular formula is C13H25NO. The zero-order chi connectivity index (χ0) is 10.5. The van der Waals surface area contributed by atoms with E-state index in [-0.39, 0.29) is 0 Å². The van der Waals surface area contributed by atoms with Crippen LogP contribution >= 0.6 is 0 Å². The summed E-state index contributed by atoms with van der Waals surface area (Å²) in [5.41, 5.74) is 0. The maximum atomic E-state index is 5.41. The van der Waals surface area contributed by atoms with Crippen LogP contribution in [0, 0.1) is 5.92 Å². The number of ether oxygens (including phenoxy) is 1. The van der Waals surface area contributed by atoms with Crippen molar-refractivity contribution in [1.29, 1.82) is 0 Å². The van der Waals surface area contributed by atoms with Crippen LogP contribution < -0.4 is 0 Å². The van der Waals surface area contributed by atoms with Gasteiger partial charge in [0.15, 0.2) is 0 Å². The van der Waals surface area contributed by atoms with Crippen molar-refractivity contribution in [3.8, 4) is 0 Å². The Morgan fingerprint density at radius 1 is 1.07 bits per heavy atom. The first-order valence-corrected chi connectivity index (χ1v) is 6.72. The second-order valence-electron chi connectivity index (χ2n) is 5.11. The lowest BCUT2D eigenvalue weighted by Crippen LogP contribution is -2.45. The summed E-state index contributed by atoms with van der Waals surface area (Å²) in [4.78, 5) is 2.66. The molecule has 1 saturated heterocycles. The lowest BCUT2D eigenvalue weighted by atomic mass is 9.83. The average molecular weight is 211 g/mol. The molecule has 0 radical (unpaired) electrons. The molecule has 0 amide bonds. The number of nitrogens with zero attached hydrogens (tertiary/aromatic N) is 1. The normalized spacial score (nSPS) is 34.2. The maximum absolute atomic E-state index is 5.41. The van der Waals surface area contributed by atoms with E-state index in [1.54, 1.807) is 0 Å². The van der Waals surface area contributed by atoms with E-state index >= 15 is 0 Å². The molecular weight excluding hydrogens is 186 g/mol. The topological polar surface area (TPSA) is 12.5 Å². The third-order valence-corrected chi connectivity index (χ3v) is 4.08. The molecule has 1 aliphatic heterocycles. The van der Waals surface area contributed by atoms with Crippen molar-refractivity contribution in [3.63, 3.8) is 0 Å². The lowest BCUT2D eigenvalue weighted by Gasteiger charge is -2.38. The minimum absolute atomic E-state index is 0.877. The largest absolute Gasteiger partial charge is 0.379 e. The van der Waals surface area contributed by atoms with Crippen molar-refractivity contribution in [2.24, 2.45) is 5.92 Å². The molecule has 0 aromatic rings. The van der Waals surface area contributed by atoms with Gasteiger partial charge in [0.05, 0.1) is 13.2 Å². The summed E-state index contributed by atoms with van der Waals surface area (Å²) >= 11 is 0. The van der Waals surface area contributed by atoms with Crippen molar-refractivity contribution < 1.29 is 4.74 Å². The SMILES string of the molecule is CCC[C@H]1CC[C@H](N2CCOCC2)CC1. The molecule has 0 bridgehead atoms. The minimum Gasteiger partial charge on any atom is -0.379 e. The molecule has 15 heavy (non-hydrogen) atoms. The number of morpholine rings is 1. The predicted octanol–water partition coefficient (Wildman–Crippen LogP) is 2.68. The molecule has 2 fully saturated rings. The molecule has 1 heterocycles. The number of rotatable bonds is 3. The lowest BCUT2D eigenvalue weighted by molar-refractivity contribution is 0.00462. The third kappa shape index (κ3) is 3.18. The van der Waals surface area contributed by atoms with Crippen LogP contribution in [0.15, 0.2) is 0 Å². The second kappa shape index (κ2) is 5.86. The Morgan fingerprint density at radius 2 is 1.73 bits per heavy atom. The van der Waals surface area contributed by atoms with E-state index in [2.05, 4.69) is 11.8 Å². The van der Waals surface area contributed by atoms with Crippen LogP contribution in [-0.2, 0) is 4.74 Å². The van der Waals surface area contributed by atoms with Crippen molar-refractivity contribution in [2.75, 3.05) is 26.3 Å². The van der Waals surface area contributed by atoms with Gasteiger partial charge in [0.25, 0.3) is 0 Å². The van der Waals surface area contributed by atoms with Crippen molar-refractivity contribution in [2.45, 2.75) is 51.5 Å². The summed E-state index contributed by atoms with van der Waals surface area (Å²) in [6.45, 7) is 6.56. The molecule has 2 rings (SSSR count). The van der Waals surface area contributed by atoms with Crippen LogP contribution in [0.2, 0.25) is 0 Å². The Hall–Kier alpha value is -0.0800. The minimum atomic E-state index is 0.877. The van der Waals surface area contributed by atoms with Gasteiger partial charge < -0.3 is 4.74 Å². The Bertz CT molecular complexity index is 169. The third-order valence-electron chi connectivity index (χ3n) is 4.08. The van der Waals surface area contributed by atoms with E-state index in [1.807, 2.05) is 0 Å². The van der Waals surface area contributed by atoms with Gasteiger partial charge in [-0.1, -0.05) is 19.8 Å². The van der Waals surface area contributed by atoms with E-state index in [9.17, 15) is 0 Å². The van der Waals surface area contributed by atoms with Crippen molar-refractivity contribution in [1.82, 2.24) is 4.90 Å². The van der Waals surface area contributed by atoms with Crippen LogP contribution in [0.25, 0.3) is 0 Å². The Kier molecular flexibility index (Phi) is 4.45. The van der Waals surface area contributed by atoms with Gasteiger partial charge in [0.1, 0.15) is 0 Å². The zero-order valence-electron chi connectivity index (χ0n) is 10.1. The molecule has 0 atom stereocenters. The summed E-state index contributed by atoms with van der Waals surface area (Å²) in [6.07, 6.45) is 8.63. The fourth-order valence-electron chi connectivity index (χ4n) is 3.15. The molecule has 0 aromatic heterocycles. The van der Waals surface area contributed by atoms with Crippen LogP contribution in [0.3, 0.4) is 0 Å². The number of hydrogen-bond donors (Lipinski definition) is 0. The molecule has 2 nitrogen and oxygen atoms in total. The van der Waals surface area contributed by atoms with Gasteiger partial charge in [-0.2, -0.15) is 0 Å². The highest BCUT2D eigenvalue weighted by atomic mass is 16.5. The first kappa shape index (κ1) is 11.4. The first-order chi connectivity index (χ1) is 7.40. The van der Waals surface area contributed by atoms with Gasteiger partial charge in [-0.15, -0.1) is 0 Å². The van der Waals surface area contributed by atoms with Crippen LogP contribution in [0.4, 0.5) is 0 Å². The molecule has 88 valence electrons. The summed E-state index contributed by atoms with van der Waals surface area (Å²) < 4.78 is 5.41. The van der Waals surface area contributed by atoms with E-state index in [1.165, 1.54) is 51.6 Å². The standard InChI is InChI=1S/C13H25NO/c1-2-3-12-4-6-13(7-5-12)14-8-10-15-11-9-14/h12-13H,2-11H2,1H3/t12-,13-. The van der Waals surface area contributed by atoms with Gasteiger partial charge in [-0.25, -0.2) is 0 Å². The van der Waals surface area contributed by atoms with E-state index < -0.39 is 0 Å². The van der Waals surface area contributed by atoms with Gasteiger partial charge in [0, 0.05) is 19.1 Å². The molecule has 1 saturated carbocycles. The van der Waals surface area contributed by atoms with Gasteiger partial charge in [-0.05, 0) is 31.6 Å². The van der Waals surface area contributed by atoms with E-state index in [0.29, 0.717) is 0 Å². The molecule has 0 N–H and O–H groups in total. The Labute approximate surface area is 94.0 Å². The summed E-state index contributed by atoms with van der Waals surface area (Å²) in [5, 5.41) is 0. The van der Waals surface area contributed by atoms with Crippen molar-refractivity contribution in [3.05, 3.63) is 0 Å². The van der Waals surface area contributed by atoms with E-state index in [0.717, 1.165) is 25.2 Å². The monoisotopic (exact) mass is 211 g/mol.